The third kappa shape index (κ3) is 3.55. The average Bonchev–Trinajstić information content (AvgIpc) is 2.49. The highest BCUT2D eigenvalue weighted by Gasteiger charge is 2.27. The van der Waals surface area contributed by atoms with Crippen LogP contribution in [0.2, 0.25) is 0 Å². The number of aliphatic hydroxyl groups excluding tert-OH is 1. The molecule has 114 valence electrons. The van der Waals surface area contributed by atoms with Crippen LogP contribution in [0.4, 0.5) is 0 Å². The predicted octanol–water partition coefficient (Wildman–Crippen LogP) is 1.06. The van der Waals surface area contributed by atoms with Crippen LogP contribution in [0.5, 0.6) is 11.5 Å². The molecular formula is C14H23ClN2O3. The summed E-state index contributed by atoms with van der Waals surface area (Å²) in [5.74, 6) is 1.52. The molecule has 1 aliphatic heterocycles. The number of hydrogen-bond acceptors (Lipinski definition) is 5. The summed E-state index contributed by atoms with van der Waals surface area (Å²) in [6, 6.07) is 5.62. The van der Waals surface area contributed by atoms with E-state index in [1.54, 1.807) is 14.2 Å². The third-order valence-electron chi connectivity index (χ3n) is 3.56. The maximum atomic E-state index is 9.80. The first-order valence-corrected chi connectivity index (χ1v) is 6.58. The largest absolute Gasteiger partial charge is 0.496 e. The number of benzene rings is 1. The second kappa shape index (κ2) is 8.32. The van der Waals surface area contributed by atoms with Crippen molar-refractivity contribution in [2.45, 2.75) is 6.04 Å². The minimum Gasteiger partial charge on any atom is -0.496 e. The lowest BCUT2D eigenvalue weighted by Gasteiger charge is -2.35. The number of halogens is 1. The Balaban J connectivity index is 0.00000200. The van der Waals surface area contributed by atoms with Gasteiger partial charge in [-0.25, -0.2) is 0 Å². The summed E-state index contributed by atoms with van der Waals surface area (Å²) < 4.78 is 10.9. The predicted molar refractivity (Wildman–Crippen MR) is 81.1 cm³/mol. The van der Waals surface area contributed by atoms with Crippen molar-refractivity contribution < 1.29 is 14.6 Å². The van der Waals surface area contributed by atoms with Crippen molar-refractivity contribution in [1.29, 1.82) is 0 Å². The molecule has 1 fully saturated rings. The van der Waals surface area contributed by atoms with Gasteiger partial charge in [0.05, 0.1) is 32.4 Å². The minimum atomic E-state index is -0.0896. The Bertz CT molecular complexity index is 389. The van der Waals surface area contributed by atoms with Crippen molar-refractivity contribution in [3.8, 4) is 11.5 Å². The summed E-state index contributed by atoms with van der Waals surface area (Å²) >= 11 is 0. The third-order valence-corrected chi connectivity index (χ3v) is 3.56. The quantitative estimate of drug-likeness (QED) is 0.852. The topological polar surface area (TPSA) is 54.0 Å². The van der Waals surface area contributed by atoms with Gasteiger partial charge in [0.25, 0.3) is 0 Å². The summed E-state index contributed by atoms with van der Waals surface area (Å²) in [6.07, 6.45) is 0. The summed E-state index contributed by atoms with van der Waals surface area (Å²) in [4.78, 5) is 2.26. The second-order valence-electron chi connectivity index (χ2n) is 4.56. The fourth-order valence-corrected chi connectivity index (χ4v) is 2.59. The highest BCUT2D eigenvalue weighted by Crippen LogP contribution is 2.36. The monoisotopic (exact) mass is 302 g/mol. The lowest BCUT2D eigenvalue weighted by Crippen LogP contribution is -2.46. The van der Waals surface area contributed by atoms with Gasteiger partial charge >= 0.3 is 0 Å². The first kappa shape index (κ1) is 17.0. The van der Waals surface area contributed by atoms with Crippen molar-refractivity contribution >= 4 is 12.4 Å². The standard InChI is InChI=1S/C14H22N2O3.ClH/c1-18-12-4-3-5-13(19-2)14(12)11(10-17)16-8-6-15-7-9-16;/h3-5,11,15,17H,6-10H2,1-2H3;1H/t11-;/m0./s1. The molecule has 0 unspecified atom stereocenters. The fraction of sp³-hybridized carbons (Fsp3) is 0.571. The van der Waals surface area contributed by atoms with E-state index in [-0.39, 0.29) is 25.1 Å². The zero-order valence-electron chi connectivity index (χ0n) is 12.0. The Morgan fingerprint density at radius 2 is 1.75 bits per heavy atom. The number of aliphatic hydroxyl groups is 1. The minimum absolute atomic E-state index is 0. The summed E-state index contributed by atoms with van der Waals surface area (Å²) in [7, 11) is 3.29. The van der Waals surface area contributed by atoms with E-state index in [1.165, 1.54) is 0 Å². The van der Waals surface area contributed by atoms with Gasteiger partial charge in [0.1, 0.15) is 11.5 Å². The molecule has 0 bridgehead atoms. The van der Waals surface area contributed by atoms with Crippen LogP contribution in [0.1, 0.15) is 11.6 Å². The van der Waals surface area contributed by atoms with E-state index in [1.807, 2.05) is 18.2 Å². The zero-order valence-corrected chi connectivity index (χ0v) is 12.8. The zero-order chi connectivity index (χ0) is 13.7. The van der Waals surface area contributed by atoms with Gasteiger partial charge in [0.2, 0.25) is 0 Å². The maximum Gasteiger partial charge on any atom is 0.127 e. The van der Waals surface area contributed by atoms with Crippen molar-refractivity contribution in [2.75, 3.05) is 47.0 Å². The molecule has 5 nitrogen and oxygen atoms in total. The van der Waals surface area contributed by atoms with E-state index in [9.17, 15) is 5.11 Å². The van der Waals surface area contributed by atoms with Crippen LogP contribution in [0, 0.1) is 0 Å². The molecule has 1 saturated heterocycles. The smallest absolute Gasteiger partial charge is 0.127 e. The second-order valence-corrected chi connectivity index (χ2v) is 4.56. The number of rotatable bonds is 5. The molecule has 1 aromatic rings. The Labute approximate surface area is 126 Å². The number of hydrogen-bond donors (Lipinski definition) is 2. The van der Waals surface area contributed by atoms with Gasteiger partial charge in [0.15, 0.2) is 0 Å². The van der Waals surface area contributed by atoms with Gasteiger partial charge in [-0.1, -0.05) is 6.07 Å². The SMILES string of the molecule is COc1cccc(OC)c1[C@H](CO)N1CCNCC1.Cl. The van der Waals surface area contributed by atoms with Crippen LogP contribution in [0.15, 0.2) is 18.2 Å². The number of ether oxygens (including phenoxy) is 2. The van der Waals surface area contributed by atoms with Crippen molar-refractivity contribution in [3.63, 3.8) is 0 Å². The summed E-state index contributed by atoms with van der Waals surface area (Å²) in [6.45, 7) is 3.75. The highest BCUT2D eigenvalue weighted by molar-refractivity contribution is 5.85. The molecule has 0 radical (unpaired) electrons. The molecule has 1 atom stereocenters. The maximum absolute atomic E-state index is 9.80. The molecule has 0 aliphatic carbocycles. The molecule has 1 aliphatic rings. The molecule has 6 heteroatoms. The van der Waals surface area contributed by atoms with Crippen LogP contribution in [-0.2, 0) is 0 Å². The van der Waals surface area contributed by atoms with Crippen LogP contribution < -0.4 is 14.8 Å². The van der Waals surface area contributed by atoms with Gasteiger partial charge in [-0.05, 0) is 12.1 Å². The average molecular weight is 303 g/mol. The number of nitrogens with one attached hydrogen (secondary N) is 1. The lowest BCUT2D eigenvalue weighted by molar-refractivity contribution is 0.107. The van der Waals surface area contributed by atoms with E-state index in [0.717, 1.165) is 43.2 Å². The molecule has 0 amide bonds. The van der Waals surface area contributed by atoms with Crippen molar-refractivity contribution in [1.82, 2.24) is 10.2 Å². The number of nitrogens with zero attached hydrogens (tertiary/aromatic N) is 1. The lowest BCUT2D eigenvalue weighted by atomic mass is 10.0. The van der Waals surface area contributed by atoms with Crippen LogP contribution >= 0.6 is 12.4 Å². The molecule has 2 rings (SSSR count). The van der Waals surface area contributed by atoms with Crippen LogP contribution in [-0.4, -0.2) is 57.0 Å². The Morgan fingerprint density at radius 1 is 1.20 bits per heavy atom. The van der Waals surface area contributed by atoms with Gasteiger partial charge in [0, 0.05) is 26.2 Å². The number of methoxy groups -OCH3 is 2. The number of piperazine rings is 1. The van der Waals surface area contributed by atoms with Crippen LogP contribution in [0.3, 0.4) is 0 Å². The van der Waals surface area contributed by atoms with Crippen molar-refractivity contribution in [3.05, 3.63) is 23.8 Å². The van der Waals surface area contributed by atoms with Crippen molar-refractivity contribution in [2.24, 2.45) is 0 Å². The molecular weight excluding hydrogens is 280 g/mol. The molecule has 0 aromatic heterocycles. The molecule has 0 saturated carbocycles. The molecule has 20 heavy (non-hydrogen) atoms. The van der Waals surface area contributed by atoms with E-state index in [0.29, 0.717) is 0 Å². The van der Waals surface area contributed by atoms with E-state index < -0.39 is 0 Å². The molecule has 1 aromatic carbocycles. The van der Waals surface area contributed by atoms with Gasteiger partial charge in [-0.2, -0.15) is 0 Å². The van der Waals surface area contributed by atoms with E-state index in [4.69, 9.17) is 9.47 Å². The normalized spacial score (nSPS) is 17.1. The molecule has 2 N–H and O–H groups in total. The van der Waals surface area contributed by atoms with Gasteiger partial charge in [-0.15, -0.1) is 12.4 Å². The Morgan fingerprint density at radius 3 is 2.20 bits per heavy atom. The van der Waals surface area contributed by atoms with Gasteiger partial charge in [-0.3, -0.25) is 4.90 Å². The Kier molecular flexibility index (Phi) is 7.09. The fourth-order valence-electron chi connectivity index (χ4n) is 2.59. The highest BCUT2D eigenvalue weighted by atomic mass is 35.5. The summed E-state index contributed by atoms with van der Waals surface area (Å²) in [5, 5.41) is 13.1. The van der Waals surface area contributed by atoms with Gasteiger partial charge < -0.3 is 19.9 Å². The Hall–Kier alpha value is -1.01. The van der Waals surface area contributed by atoms with Crippen LogP contribution in [0.25, 0.3) is 0 Å². The molecule has 0 spiro atoms. The first-order valence-electron chi connectivity index (χ1n) is 6.58. The molecule has 1 heterocycles. The first-order chi connectivity index (χ1) is 9.31. The summed E-state index contributed by atoms with van der Waals surface area (Å²) in [5.41, 5.74) is 0.928. The van der Waals surface area contributed by atoms with E-state index >= 15 is 0 Å². The van der Waals surface area contributed by atoms with E-state index in [2.05, 4.69) is 10.2 Å².